The Labute approximate surface area is 248 Å². The predicted octanol–water partition coefficient (Wildman–Crippen LogP) is 6.43. The molecule has 42 heavy (non-hydrogen) atoms. The van der Waals surface area contributed by atoms with Crippen LogP contribution in [0.25, 0.3) is 16.8 Å². The highest BCUT2D eigenvalue weighted by Crippen LogP contribution is 2.44. The highest BCUT2D eigenvalue weighted by Gasteiger charge is 2.34. The topological polar surface area (TPSA) is 80.5 Å². The molecule has 1 unspecified atom stereocenters. The van der Waals surface area contributed by atoms with Crippen molar-refractivity contribution in [3.63, 3.8) is 0 Å². The Morgan fingerprint density at radius 2 is 2.07 bits per heavy atom. The Hall–Kier alpha value is -3.66. The van der Waals surface area contributed by atoms with Crippen LogP contribution in [0, 0.1) is 0 Å². The van der Waals surface area contributed by atoms with Gasteiger partial charge in [-0.3, -0.25) is 4.68 Å². The third-order valence-electron chi connectivity index (χ3n) is 8.89. The highest BCUT2D eigenvalue weighted by molar-refractivity contribution is 5.78. The molecule has 1 aromatic carbocycles. The highest BCUT2D eigenvalue weighted by atomic mass is 19.1. The number of nitrogens with one attached hydrogen (secondary N) is 1. The molecule has 0 radical (unpaired) electrons. The van der Waals surface area contributed by atoms with Gasteiger partial charge in [-0.15, -0.1) is 0 Å². The maximum atomic E-state index is 15.9. The summed E-state index contributed by atoms with van der Waals surface area (Å²) in [7, 11) is 1.67. The number of alkyl halides is 1. The van der Waals surface area contributed by atoms with Crippen molar-refractivity contribution in [2.75, 3.05) is 38.3 Å². The third kappa shape index (κ3) is 5.21. The van der Waals surface area contributed by atoms with Gasteiger partial charge in [0.05, 0.1) is 18.8 Å². The van der Waals surface area contributed by atoms with Crippen LogP contribution in [0.1, 0.15) is 82.0 Å². The van der Waals surface area contributed by atoms with E-state index in [9.17, 15) is 4.79 Å². The van der Waals surface area contributed by atoms with Crippen LogP contribution in [0.3, 0.4) is 0 Å². The molecule has 3 aliphatic heterocycles. The number of hydrogen-bond acceptors (Lipinski definition) is 5. The summed E-state index contributed by atoms with van der Waals surface area (Å²) in [5.41, 5.74) is 7.80. The zero-order chi connectivity index (χ0) is 29.4. The average molecular weight is 578 g/mol. The number of urea groups is 1. The fourth-order valence-electron chi connectivity index (χ4n) is 6.67. The molecule has 2 amide bonds. The van der Waals surface area contributed by atoms with Gasteiger partial charge in [0.1, 0.15) is 6.17 Å². The number of nitrogens with zero attached hydrogens (tertiary/aromatic N) is 6. The number of benzene rings is 1. The van der Waals surface area contributed by atoms with Crippen LogP contribution in [-0.2, 0) is 24.1 Å². The molecule has 1 saturated heterocycles. The van der Waals surface area contributed by atoms with Gasteiger partial charge < -0.3 is 19.9 Å². The van der Waals surface area contributed by atoms with E-state index in [1.807, 2.05) is 24.9 Å². The fraction of sp³-hybridized carbons (Fsp3) is 0.531. The van der Waals surface area contributed by atoms with Gasteiger partial charge in [0.2, 0.25) is 0 Å². The van der Waals surface area contributed by atoms with Gasteiger partial charge in [-0.1, -0.05) is 19.9 Å². The van der Waals surface area contributed by atoms with E-state index >= 15 is 4.39 Å². The van der Waals surface area contributed by atoms with Gasteiger partial charge in [-0.05, 0) is 67.9 Å². The Morgan fingerprint density at radius 1 is 1.26 bits per heavy atom. The number of carbonyl (C=O) groups excluding carboxylic acids is 1. The van der Waals surface area contributed by atoms with Crippen LogP contribution in [0.2, 0.25) is 0 Å². The quantitative estimate of drug-likeness (QED) is 0.350. The predicted molar refractivity (Wildman–Crippen MR) is 165 cm³/mol. The molecule has 2 aromatic heterocycles. The molecular weight excluding hydrogens is 533 g/mol. The lowest BCUT2D eigenvalue weighted by atomic mass is 9.90. The number of ether oxygens (including phenoxy) is 1. The summed E-state index contributed by atoms with van der Waals surface area (Å²) in [4.78, 5) is 16.8. The van der Waals surface area contributed by atoms with Crippen molar-refractivity contribution < 1.29 is 15.3 Å². The maximum absolute atomic E-state index is 15.9. The second-order valence-corrected chi connectivity index (χ2v) is 11.8. The molecule has 3 aromatic rings. The van der Waals surface area contributed by atoms with Gasteiger partial charge in [-0.25, -0.2) is 13.9 Å². The van der Waals surface area contributed by atoms with Gasteiger partial charge >= 0.3 is 6.03 Å². The van der Waals surface area contributed by atoms with Crippen LogP contribution in [0.15, 0.2) is 31.1 Å². The van der Waals surface area contributed by atoms with E-state index < -0.39 is 6.17 Å². The smallest absolute Gasteiger partial charge is 0.317 e. The summed E-state index contributed by atoms with van der Waals surface area (Å²) < 4.78 is 25.5. The molecular formula is C32H44FN7O2. The molecule has 1 N–H and O–H groups in total. The van der Waals surface area contributed by atoms with Crippen molar-refractivity contribution in [1.82, 2.24) is 29.8 Å². The molecule has 10 heteroatoms. The van der Waals surface area contributed by atoms with E-state index in [1.54, 1.807) is 17.9 Å². The number of allylic oxidation sites excluding steroid dienone is 1. The van der Waals surface area contributed by atoms with Crippen molar-refractivity contribution in [3.8, 4) is 11.1 Å². The molecule has 0 spiro atoms. The first-order valence-corrected chi connectivity index (χ1v) is 15.3. The second kappa shape index (κ2) is 11.9. The SMILES string of the molecule is C=C(C)n1cc(-c2cc3c(cc2C(F)CCC)N(c2nn(C4CCOCC4)c4c2CN(C(=O)NC)CC4)CCC3)cn1.[HH]. The number of halogens is 1. The number of carbonyl (C=O) groups is 1. The minimum absolute atomic E-state index is 0. The molecule has 226 valence electrons. The van der Waals surface area contributed by atoms with E-state index in [4.69, 9.17) is 9.84 Å². The molecule has 6 rings (SSSR count). The lowest BCUT2D eigenvalue weighted by Crippen LogP contribution is -2.42. The molecule has 5 heterocycles. The molecule has 0 bridgehead atoms. The number of aryl methyl sites for hydroxylation is 1. The zero-order valence-electron chi connectivity index (χ0n) is 25.0. The van der Waals surface area contributed by atoms with Crippen molar-refractivity contribution >= 4 is 23.2 Å². The van der Waals surface area contributed by atoms with Crippen LogP contribution < -0.4 is 10.2 Å². The summed E-state index contributed by atoms with van der Waals surface area (Å²) in [6.45, 7) is 11.3. The van der Waals surface area contributed by atoms with Crippen LogP contribution in [0.4, 0.5) is 20.7 Å². The van der Waals surface area contributed by atoms with Crippen molar-refractivity contribution in [2.45, 2.75) is 77.6 Å². The van der Waals surface area contributed by atoms with E-state index in [1.165, 1.54) is 11.3 Å². The van der Waals surface area contributed by atoms with Gasteiger partial charge in [0.15, 0.2) is 5.82 Å². The second-order valence-electron chi connectivity index (χ2n) is 11.8. The minimum atomic E-state index is -1.09. The van der Waals surface area contributed by atoms with Crippen LogP contribution in [-0.4, -0.2) is 63.8 Å². The Kier molecular flexibility index (Phi) is 8.07. The number of rotatable bonds is 7. The van der Waals surface area contributed by atoms with Crippen molar-refractivity contribution in [2.24, 2.45) is 0 Å². The lowest BCUT2D eigenvalue weighted by Gasteiger charge is -2.33. The van der Waals surface area contributed by atoms with Gasteiger partial charge in [0, 0.05) is 75.6 Å². The Morgan fingerprint density at radius 3 is 2.79 bits per heavy atom. The van der Waals surface area contributed by atoms with E-state index in [2.05, 4.69) is 38.7 Å². The molecule has 9 nitrogen and oxygen atoms in total. The lowest BCUT2D eigenvalue weighted by molar-refractivity contribution is 0.0651. The molecule has 1 atom stereocenters. The number of hydrogen-bond donors (Lipinski definition) is 1. The monoisotopic (exact) mass is 577 g/mol. The molecule has 3 aliphatic rings. The zero-order valence-corrected chi connectivity index (χ0v) is 25.0. The Bertz CT molecular complexity index is 1480. The minimum Gasteiger partial charge on any atom is -0.381 e. The summed E-state index contributed by atoms with van der Waals surface area (Å²) in [6, 6.07) is 4.42. The summed E-state index contributed by atoms with van der Waals surface area (Å²) >= 11 is 0. The number of fused-ring (bicyclic) bond motifs is 2. The summed E-state index contributed by atoms with van der Waals surface area (Å²) in [5.74, 6) is 0.894. The summed E-state index contributed by atoms with van der Waals surface area (Å²) in [6.07, 6.45) is 8.34. The molecule has 1 fully saturated rings. The first-order chi connectivity index (χ1) is 20.4. The van der Waals surface area contributed by atoms with Crippen LogP contribution in [0.5, 0.6) is 0 Å². The number of aromatic nitrogens is 4. The standard InChI is InChI=1S/C32H42FN7O2.H2/c1-5-7-28(33)26-17-30-22(16-25(26)23-18-35-39(19-23)21(2)3)8-6-12-38(30)31-27-20-37(32(41)34-4)13-9-29(27)40(36-31)24-10-14-42-15-11-24;/h16-19,24,28H,2,5-15,20H2,1,3-4H3,(H,34,41);1H. The first-order valence-electron chi connectivity index (χ1n) is 15.3. The normalized spacial score (nSPS) is 18.0. The van der Waals surface area contributed by atoms with Crippen molar-refractivity contribution in [3.05, 3.63) is 53.5 Å². The average Bonchev–Trinajstić information content (AvgIpc) is 3.66. The largest absolute Gasteiger partial charge is 0.381 e. The fourth-order valence-corrected chi connectivity index (χ4v) is 6.67. The van der Waals surface area contributed by atoms with Crippen molar-refractivity contribution in [1.29, 1.82) is 0 Å². The first kappa shape index (κ1) is 28.5. The summed E-state index contributed by atoms with van der Waals surface area (Å²) in [5, 5.41) is 12.5. The van der Waals surface area contributed by atoms with E-state index in [-0.39, 0.29) is 13.5 Å². The molecule has 0 saturated carbocycles. The molecule has 0 aliphatic carbocycles. The Balaban J connectivity index is 0.00000368. The third-order valence-corrected chi connectivity index (χ3v) is 8.89. The number of anilines is 2. The van der Waals surface area contributed by atoms with E-state index in [0.717, 1.165) is 92.2 Å². The van der Waals surface area contributed by atoms with Gasteiger partial charge in [-0.2, -0.15) is 10.2 Å². The number of amides is 2. The van der Waals surface area contributed by atoms with Gasteiger partial charge in [0.25, 0.3) is 0 Å². The maximum Gasteiger partial charge on any atom is 0.317 e. The van der Waals surface area contributed by atoms with Crippen LogP contribution >= 0.6 is 0 Å². The van der Waals surface area contributed by atoms with E-state index in [0.29, 0.717) is 25.1 Å².